The van der Waals surface area contributed by atoms with E-state index in [1.807, 2.05) is 18.3 Å². The van der Waals surface area contributed by atoms with Crippen molar-refractivity contribution in [3.05, 3.63) is 23.9 Å². The van der Waals surface area contributed by atoms with E-state index in [-0.39, 0.29) is 24.0 Å². The first-order chi connectivity index (χ1) is 10.6. The minimum Gasteiger partial charge on any atom is -0.481 e. The summed E-state index contributed by atoms with van der Waals surface area (Å²) in [5.74, 6) is 3.08. The number of pyridine rings is 1. The van der Waals surface area contributed by atoms with E-state index in [9.17, 15) is 0 Å². The van der Waals surface area contributed by atoms with Crippen molar-refractivity contribution in [1.29, 1.82) is 0 Å². The SMILES string of the molecule is CCNC(=NCc1ccc(OC)nc1)N1CC(C)CC(C)C1.I. The summed E-state index contributed by atoms with van der Waals surface area (Å²) in [7, 11) is 1.63. The van der Waals surface area contributed by atoms with E-state index in [4.69, 9.17) is 9.73 Å². The quantitative estimate of drug-likeness (QED) is 0.451. The molecule has 5 nitrogen and oxygen atoms in total. The lowest BCUT2D eigenvalue weighted by molar-refractivity contribution is 0.208. The highest BCUT2D eigenvalue weighted by atomic mass is 127. The number of likely N-dealkylation sites (tertiary alicyclic amines) is 1. The number of hydrogen-bond acceptors (Lipinski definition) is 3. The molecule has 130 valence electrons. The molecule has 1 aromatic heterocycles. The van der Waals surface area contributed by atoms with Gasteiger partial charge in [-0.3, -0.25) is 0 Å². The van der Waals surface area contributed by atoms with Crippen LogP contribution in [0.4, 0.5) is 0 Å². The molecule has 1 aliphatic heterocycles. The van der Waals surface area contributed by atoms with Crippen molar-refractivity contribution in [2.24, 2.45) is 16.8 Å². The summed E-state index contributed by atoms with van der Waals surface area (Å²) < 4.78 is 5.08. The van der Waals surface area contributed by atoms with Gasteiger partial charge in [-0.05, 0) is 30.7 Å². The second kappa shape index (κ2) is 9.95. The minimum atomic E-state index is 0. The van der Waals surface area contributed by atoms with Crippen molar-refractivity contribution < 1.29 is 4.74 Å². The molecule has 23 heavy (non-hydrogen) atoms. The zero-order chi connectivity index (χ0) is 15.9. The van der Waals surface area contributed by atoms with Crippen LogP contribution in [0, 0.1) is 11.8 Å². The van der Waals surface area contributed by atoms with Crippen molar-refractivity contribution in [3.8, 4) is 5.88 Å². The highest BCUT2D eigenvalue weighted by Crippen LogP contribution is 2.21. The van der Waals surface area contributed by atoms with Gasteiger partial charge in [0.2, 0.25) is 5.88 Å². The number of aromatic nitrogens is 1. The molecular weight excluding hydrogens is 403 g/mol. The molecule has 0 bridgehead atoms. The minimum absolute atomic E-state index is 0. The predicted octanol–water partition coefficient (Wildman–Crippen LogP) is 3.15. The zero-order valence-corrected chi connectivity index (χ0v) is 16.9. The Morgan fingerprint density at radius 1 is 1.35 bits per heavy atom. The van der Waals surface area contributed by atoms with E-state index in [0.717, 1.165) is 43.0 Å². The van der Waals surface area contributed by atoms with Gasteiger partial charge < -0.3 is 15.0 Å². The largest absolute Gasteiger partial charge is 0.481 e. The molecule has 0 aliphatic carbocycles. The fraction of sp³-hybridized carbons (Fsp3) is 0.647. The topological polar surface area (TPSA) is 49.8 Å². The summed E-state index contributed by atoms with van der Waals surface area (Å²) in [5.41, 5.74) is 1.09. The number of methoxy groups -OCH3 is 1. The number of nitrogens with zero attached hydrogens (tertiary/aromatic N) is 3. The molecule has 1 aliphatic rings. The van der Waals surface area contributed by atoms with E-state index < -0.39 is 0 Å². The van der Waals surface area contributed by atoms with Crippen LogP contribution in [-0.4, -0.2) is 42.6 Å². The molecule has 2 heterocycles. The third kappa shape index (κ3) is 6.16. The Bertz CT molecular complexity index is 482. The van der Waals surface area contributed by atoms with E-state index in [0.29, 0.717) is 12.4 Å². The van der Waals surface area contributed by atoms with Crippen molar-refractivity contribution in [2.45, 2.75) is 33.7 Å². The summed E-state index contributed by atoms with van der Waals surface area (Å²) in [6.07, 6.45) is 3.13. The second-order valence-electron chi connectivity index (χ2n) is 6.23. The van der Waals surface area contributed by atoms with Crippen molar-refractivity contribution >= 4 is 29.9 Å². The van der Waals surface area contributed by atoms with Crippen LogP contribution < -0.4 is 10.1 Å². The summed E-state index contributed by atoms with van der Waals surface area (Å²) in [6.45, 7) is 10.4. The fourth-order valence-electron chi connectivity index (χ4n) is 3.05. The van der Waals surface area contributed by atoms with Gasteiger partial charge in [0.15, 0.2) is 5.96 Å². The molecule has 2 atom stereocenters. The Morgan fingerprint density at radius 3 is 2.57 bits per heavy atom. The predicted molar refractivity (Wildman–Crippen MR) is 106 cm³/mol. The van der Waals surface area contributed by atoms with Crippen LogP contribution in [0.15, 0.2) is 23.3 Å². The molecule has 0 spiro atoms. The van der Waals surface area contributed by atoms with Gasteiger partial charge in [0, 0.05) is 31.9 Å². The fourth-order valence-corrected chi connectivity index (χ4v) is 3.05. The molecule has 0 saturated carbocycles. The molecule has 1 fully saturated rings. The van der Waals surface area contributed by atoms with Gasteiger partial charge in [0.05, 0.1) is 13.7 Å². The maximum absolute atomic E-state index is 5.08. The molecule has 1 saturated heterocycles. The first kappa shape index (κ1) is 20.0. The Kier molecular flexibility index (Phi) is 8.65. The maximum atomic E-state index is 5.08. The van der Waals surface area contributed by atoms with Gasteiger partial charge in [-0.1, -0.05) is 19.9 Å². The zero-order valence-electron chi connectivity index (χ0n) is 14.6. The Hall–Kier alpha value is -1.05. The van der Waals surface area contributed by atoms with E-state index in [1.54, 1.807) is 7.11 Å². The third-order valence-electron chi connectivity index (χ3n) is 3.92. The monoisotopic (exact) mass is 432 g/mol. The number of aliphatic imine (C=N–C) groups is 1. The number of rotatable bonds is 4. The first-order valence-corrected chi connectivity index (χ1v) is 8.14. The van der Waals surface area contributed by atoms with Crippen LogP contribution in [0.2, 0.25) is 0 Å². The van der Waals surface area contributed by atoms with E-state index in [2.05, 4.69) is 36.0 Å². The van der Waals surface area contributed by atoms with Crippen molar-refractivity contribution in [2.75, 3.05) is 26.7 Å². The van der Waals surface area contributed by atoms with E-state index >= 15 is 0 Å². The van der Waals surface area contributed by atoms with Crippen LogP contribution in [0.1, 0.15) is 32.8 Å². The Labute approximate surface area is 156 Å². The molecule has 2 unspecified atom stereocenters. The molecule has 1 aromatic rings. The average molecular weight is 432 g/mol. The highest BCUT2D eigenvalue weighted by Gasteiger charge is 2.23. The van der Waals surface area contributed by atoms with Gasteiger partial charge in [-0.15, -0.1) is 24.0 Å². The number of piperidine rings is 1. The lowest BCUT2D eigenvalue weighted by Crippen LogP contribution is -2.48. The summed E-state index contributed by atoms with van der Waals surface area (Å²) in [6, 6.07) is 3.89. The van der Waals surface area contributed by atoms with Crippen molar-refractivity contribution in [1.82, 2.24) is 15.2 Å². The van der Waals surface area contributed by atoms with Crippen LogP contribution in [0.5, 0.6) is 5.88 Å². The number of hydrogen-bond donors (Lipinski definition) is 1. The molecule has 0 radical (unpaired) electrons. The molecule has 1 N–H and O–H groups in total. The summed E-state index contributed by atoms with van der Waals surface area (Å²) in [4.78, 5) is 11.4. The molecular formula is C17H29IN4O. The summed E-state index contributed by atoms with van der Waals surface area (Å²) in [5, 5.41) is 3.42. The first-order valence-electron chi connectivity index (χ1n) is 8.14. The van der Waals surface area contributed by atoms with Crippen molar-refractivity contribution in [3.63, 3.8) is 0 Å². The van der Waals surface area contributed by atoms with Gasteiger partial charge in [0.25, 0.3) is 0 Å². The number of halogens is 1. The molecule has 2 rings (SSSR count). The lowest BCUT2D eigenvalue weighted by atomic mass is 9.92. The normalized spacial score (nSPS) is 21.6. The maximum Gasteiger partial charge on any atom is 0.212 e. The van der Waals surface area contributed by atoms with Gasteiger partial charge >= 0.3 is 0 Å². The second-order valence-corrected chi connectivity index (χ2v) is 6.23. The van der Waals surface area contributed by atoms with Crippen LogP contribution in [0.3, 0.4) is 0 Å². The van der Waals surface area contributed by atoms with Crippen LogP contribution in [-0.2, 0) is 6.54 Å². The van der Waals surface area contributed by atoms with Gasteiger partial charge in [-0.2, -0.15) is 0 Å². The number of ether oxygens (including phenoxy) is 1. The average Bonchev–Trinajstić information content (AvgIpc) is 2.51. The Morgan fingerprint density at radius 2 is 2.04 bits per heavy atom. The van der Waals surface area contributed by atoms with Crippen LogP contribution >= 0.6 is 24.0 Å². The van der Waals surface area contributed by atoms with E-state index in [1.165, 1.54) is 6.42 Å². The lowest BCUT2D eigenvalue weighted by Gasteiger charge is -2.37. The highest BCUT2D eigenvalue weighted by molar-refractivity contribution is 14.0. The molecule has 6 heteroatoms. The summed E-state index contributed by atoms with van der Waals surface area (Å²) >= 11 is 0. The number of nitrogens with one attached hydrogen (secondary N) is 1. The Balaban J connectivity index is 0.00000264. The standard InChI is InChI=1S/C17H28N4O.HI/c1-5-18-17(21-11-13(2)8-14(3)12-21)20-10-15-6-7-16(22-4)19-9-15;/h6-7,9,13-14H,5,8,10-12H2,1-4H3,(H,18,20);1H. The molecule has 0 amide bonds. The van der Waals surface area contributed by atoms with Crippen LogP contribution in [0.25, 0.3) is 0 Å². The van der Waals surface area contributed by atoms with Gasteiger partial charge in [-0.25, -0.2) is 9.98 Å². The number of guanidine groups is 1. The van der Waals surface area contributed by atoms with Gasteiger partial charge in [0.1, 0.15) is 0 Å². The smallest absolute Gasteiger partial charge is 0.212 e. The molecule has 0 aromatic carbocycles. The third-order valence-corrected chi connectivity index (χ3v) is 3.92.